The van der Waals surface area contributed by atoms with Crippen LogP contribution in [0.25, 0.3) is 0 Å². The van der Waals surface area contributed by atoms with E-state index < -0.39 is 10.0 Å². The summed E-state index contributed by atoms with van der Waals surface area (Å²) in [4.78, 5) is 13.8. The summed E-state index contributed by atoms with van der Waals surface area (Å²) in [5.41, 5.74) is 2.51. The lowest BCUT2D eigenvalue weighted by atomic mass is 9.97. The standard InChI is InChI=1S/C22H21N3O4S2/c1-29-20-11-6-4-9-16(20)19-14-18(23-25(19)22(26)21-12-7-13-30-21)15-8-3-5-10-17(15)24-31(2,27)28/h3-13,19,24H,14H2,1-2H3/t19-/m0/s1. The summed E-state index contributed by atoms with van der Waals surface area (Å²) in [6.07, 6.45) is 1.52. The number of methoxy groups -OCH3 is 1. The molecule has 0 bridgehead atoms. The number of nitrogens with zero attached hydrogens (tertiary/aromatic N) is 2. The van der Waals surface area contributed by atoms with Gasteiger partial charge in [0.05, 0.1) is 35.7 Å². The van der Waals surface area contributed by atoms with Crippen molar-refractivity contribution in [2.45, 2.75) is 12.5 Å². The Bertz CT molecular complexity index is 1240. The molecule has 3 aromatic rings. The van der Waals surface area contributed by atoms with Crippen molar-refractivity contribution >= 4 is 38.7 Å². The number of benzene rings is 2. The van der Waals surface area contributed by atoms with E-state index in [1.807, 2.05) is 41.8 Å². The van der Waals surface area contributed by atoms with Crippen LogP contribution in [0.4, 0.5) is 5.69 Å². The van der Waals surface area contributed by atoms with Crippen molar-refractivity contribution in [3.63, 3.8) is 0 Å². The first kappa shape index (κ1) is 21.1. The molecule has 2 heterocycles. The molecule has 1 aromatic heterocycles. The summed E-state index contributed by atoms with van der Waals surface area (Å²) in [6, 6.07) is 17.8. The summed E-state index contributed by atoms with van der Waals surface area (Å²) >= 11 is 1.35. The van der Waals surface area contributed by atoms with E-state index in [0.717, 1.165) is 11.8 Å². The minimum atomic E-state index is -3.47. The van der Waals surface area contributed by atoms with Gasteiger partial charge in [0.25, 0.3) is 5.91 Å². The number of hydrogen-bond acceptors (Lipinski definition) is 6. The van der Waals surface area contributed by atoms with Gasteiger partial charge in [-0.3, -0.25) is 9.52 Å². The zero-order valence-corrected chi connectivity index (χ0v) is 18.6. The van der Waals surface area contributed by atoms with Gasteiger partial charge in [-0.05, 0) is 23.6 Å². The first-order valence-corrected chi connectivity index (χ1v) is 12.3. The normalized spacial score (nSPS) is 16.1. The molecule has 4 rings (SSSR count). The summed E-state index contributed by atoms with van der Waals surface area (Å²) in [6.45, 7) is 0. The average Bonchev–Trinajstić information content (AvgIpc) is 3.43. The van der Waals surface area contributed by atoms with Crippen LogP contribution in [0.15, 0.2) is 71.1 Å². The van der Waals surface area contributed by atoms with Crippen LogP contribution >= 0.6 is 11.3 Å². The number of carbonyl (C=O) groups is 1. The Balaban J connectivity index is 1.79. The molecule has 0 saturated heterocycles. The Hall–Kier alpha value is -3.17. The van der Waals surface area contributed by atoms with Crippen molar-refractivity contribution in [1.29, 1.82) is 0 Å². The largest absolute Gasteiger partial charge is 0.496 e. The SMILES string of the molecule is COc1ccccc1[C@@H]1CC(c2ccccc2NS(C)(=O)=O)=NN1C(=O)c1cccs1. The van der Waals surface area contributed by atoms with Crippen LogP contribution < -0.4 is 9.46 Å². The Kier molecular flexibility index (Phi) is 5.79. The fraction of sp³-hybridized carbons (Fsp3) is 0.182. The van der Waals surface area contributed by atoms with E-state index in [1.165, 1.54) is 16.3 Å². The Labute approximate surface area is 185 Å². The van der Waals surface area contributed by atoms with Crippen molar-refractivity contribution in [1.82, 2.24) is 5.01 Å². The van der Waals surface area contributed by atoms with Crippen LogP contribution in [0.1, 0.15) is 33.3 Å². The molecule has 0 saturated carbocycles. The quantitative estimate of drug-likeness (QED) is 0.606. The monoisotopic (exact) mass is 455 g/mol. The highest BCUT2D eigenvalue weighted by molar-refractivity contribution is 7.92. The number of ether oxygens (including phenoxy) is 1. The van der Waals surface area contributed by atoms with E-state index in [0.29, 0.717) is 34.0 Å². The average molecular weight is 456 g/mol. The predicted octanol–water partition coefficient (Wildman–Crippen LogP) is 4.12. The maximum atomic E-state index is 13.3. The summed E-state index contributed by atoms with van der Waals surface area (Å²) in [7, 11) is -1.89. The lowest BCUT2D eigenvalue weighted by molar-refractivity contribution is 0.0714. The lowest BCUT2D eigenvalue weighted by Gasteiger charge is -2.23. The molecule has 1 atom stereocenters. The number of nitrogens with one attached hydrogen (secondary N) is 1. The van der Waals surface area contributed by atoms with Gasteiger partial charge in [-0.15, -0.1) is 11.3 Å². The molecule has 1 aliphatic rings. The van der Waals surface area contributed by atoms with E-state index in [2.05, 4.69) is 9.82 Å². The molecular weight excluding hydrogens is 434 g/mol. The van der Waals surface area contributed by atoms with Crippen LogP contribution in [0, 0.1) is 0 Å². The summed E-state index contributed by atoms with van der Waals surface area (Å²) in [5.74, 6) is 0.449. The van der Waals surface area contributed by atoms with Crippen molar-refractivity contribution in [2.75, 3.05) is 18.1 Å². The zero-order chi connectivity index (χ0) is 22.0. The topological polar surface area (TPSA) is 88.1 Å². The molecule has 160 valence electrons. The fourth-order valence-corrected chi connectivity index (χ4v) is 4.81. The molecular formula is C22H21N3O4S2. The maximum absolute atomic E-state index is 13.3. The molecule has 1 aliphatic heterocycles. The second-order valence-corrected chi connectivity index (χ2v) is 9.75. The maximum Gasteiger partial charge on any atom is 0.284 e. The van der Waals surface area contributed by atoms with Crippen molar-refractivity contribution < 1.29 is 17.9 Å². The molecule has 2 aromatic carbocycles. The molecule has 0 fully saturated rings. The number of hydrazone groups is 1. The third kappa shape index (κ3) is 4.47. The van der Waals surface area contributed by atoms with Crippen molar-refractivity contribution in [3.05, 3.63) is 82.0 Å². The number of sulfonamides is 1. The van der Waals surface area contributed by atoms with Gasteiger partial charge in [0, 0.05) is 17.5 Å². The van der Waals surface area contributed by atoms with Crippen molar-refractivity contribution in [2.24, 2.45) is 5.10 Å². The molecule has 9 heteroatoms. The lowest BCUT2D eigenvalue weighted by Crippen LogP contribution is -2.26. The van der Waals surface area contributed by atoms with E-state index >= 15 is 0 Å². The highest BCUT2D eigenvalue weighted by Crippen LogP contribution is 2.39. The number of carbonyl (C=O) groups excluding carboxylic acids is 1. The Morgan fingerprint density at radius 1 is 1.13 bits per heavy atom. The van der Waals surface area contributed by atoms with Crippen LogP contribution in [0.5, 0.6) is 5.75 Å². The Morgan fingerprint density at radius 2 is 1.87 bits per heavy atom. The van der Waals surface area contributed by atoms with Gasteiger partial charge in [0.15, 0.2) is 0 Å². The third-order valence-electron chi connectivity index (χ3n) is 4.88. The van der Waals surface area contributed by atoms with Crippen LogP contribution in [0.3, 0.4) is 0 Å². The number of para-hydroxylation sites is 2. The summed E-state index contributed by atoms with van der Waals surface area (Å²) in [5, 5.41) is 7.97. The van der Waals surface area contributed by atoms with E-state index in [9.17, 15) is 13.2 Å². The van der Waals surface area contributed by atoms with E-state index in [1.54, 1.807) is 31.4 Å². The van der Waals surface area contributed by atoms with Gasteiger partial charge < -0.3 is 4.74 Å². The first-order valence-electron chi connectivity index (χ1n) is 9.52. The molecule has 7 nitrogen and oxygen atoms in total. The molecule has 1 amide bonds. The van der Waals surface area contributed by atoms with E-state index in [-0.39, 0.29) is 11.9 Å². The second-order valence-electron chi connectivity index (χ2n) is 7.06. The van der Waals surface area contributed by atoms with Gasteiger partial charge in [-0.1, -0.05) is 42.5 Å². The molecule has 0 aliphatic carbocycles. The summed E-state index contributed by atoms with van der Waals surface area (Å²) < 4.78 is 31.7. The zero-order valence-electron chi connectivity index (χ0n) is 17.0. The van der Waals surface area contributed by atoms with Gasteiger partial charge in [0.2, 0.25) is 10.0 Å². The number of hydrogen-bond donors (Lipinski definition) is 1. The van der Waals surface area contributed by atoms with Crippen molar-refractivity contribution in [3.8, 4) is 5.75 Å². The number of amides is 1. The van der Waals surface area contributed by atoms with Gasteiger partial charge in [-0.2, -0.15) is 5.10 Å². The molecule has 1 N–H and O–H groups in total. The minimum absolute atomic E-state index is 0.213. The molecule has 31 heavy (non-hydrogen) atoms. The minimum Gasteiger partial charge on any atom is -0.496 e. The van der Waals surface area contributed by atoms with Crippen LogP contribution in [-0.4, -0.2) is 38.4 Å². The molecule has 0 radical (unpaired) electrons. The second kappa shape index (κ2) is 8.52. The molecule has 0 spiro atoms. The number of thiophene rings is 1. The fourth-order valence-electron chi connectivity index (χ4n) is 3.58. The Morgan fingerprint density at radius 3 is 2.58 bits per heavy atom. The third-order valence-corrected chi connectivity index (χ3v) is 6.33. The highest BCUT2D eigenvalue weighted by Gasteiger charge is 2.36. The van der Waals surface area contributed by atoms with E-state index in [4.69, 9.17) is 4.74 Å². The van der Waals surface area contributed by atoms with Gasteiger partial charge in [-0.25, -0.2) is 13.4 Å². The van der Waals surface area contributed by atoms with Gasteiger partial charge >= 0.3 is 0 Å². The van der Waals surface area contributed by atoms with Crippen LogP contribution in [0.2, 0.25) is 0 Å². The number of rotatable bonds is 6. The van der Waals surface area contributed by atoms with Gasteiger partial charge in [0.1, 0.15) is 5.75 Å². The number of anilines is 1. The highest BCUT2D eigenvalue weighted by atomic mass is 32.2. The van der Waals surface area contributed by atoms with Crippen LogP contribution in [-0.2, 0) is 10.0 Å². The first-order chi connectivity index (χ1) is 14.9. The smallest absolute Gasteiger partial charge is 0.284 e. The predicted molar refractivity (Wildman–Crippen MR) is 122 cm³/mol. The molecule has 0 unspecified atom stereocenters.